The summed E-state index contributed by atoms with van der Waals surface area (Å²) in [5, 5.41) is 10.3. The predicted octanol–water partition coefficient (Wildman–Crippen LogP) is 7.46. The third-order valence-corrected chi connectivity index (χ3v) is 5.80. The van der Waals surface area contributed by atoms with Crippen LogP contribution < -0.4 is 4.74 Å². The average Bonchev–Trinajstić information content (AvgIpc) is 3.15. The van der Waals surface area contributed by atoms with Gasteiger partial charge >= 0.3 is 0 Å². The number of ether oxygens (including phenoxy) is 1. The minimum absolute atomic E-state index is 0.269. The molecule has 0 aliphatic carbocycles. The molecule has 3 nitrogen and oxygen atoms in total. The van der Waals surface area contributed by atoms with Gasteiger partial charge in [0.05, 0.1) is 0 Å². The van der Waals surface area contributed by atoms with E-state index in [1.165, 1.54) is 56.9 Å². The van der Waals surface area contributed by atoms with Gasteiger partial charge in [0.1, 0.15) is 6.10 Å². The van der Waals surface area contributed by atoms with Gasteiger partial charge in [-0.25, -0.2) is 0 Å². The van der Waals surface area contributed by atoms with Gasteiger partial charge in [0, 0.05) is 5.56 Å². The molecule has 1 heterocycles. The van der Waals surface area contributed by atoms with E-state index in [9.17, 15) is 0 Å². The summed E-state index contributed by atoms with van der Waals surface area (Å²) in [5.74, 6) is 0. The molecule has 0 saturated heterocycles. The van der Waals surface area contributed by atoms with Crippen molar-refractivity contribution in [2.75, 3.05) is 0 Å². The molecule has 0 aliphatic rings. The molecule has 0 radical (unpaired) electrons. The largest absolute Gasteiger partial charge is 0.466 e. The predicted molar refractivity (Wildman–Crippen MR) is 117 cm³/mol. The molecule has 1 aromatic carbocycles. The molecule has 2 aromatic rings. The lowest BCUT2D eigenvalue weighted by atomic mass is 10.0. The first-order valence-electron chi connectivity index (χ1n) is 10.9. The van der Waals surface area contributed by atoms with E-state index in [0.717, 1.165) is 29.8 Å². The van der Waals surface area contributed by atoms with E-state index in [1.807, 2.05) is 0 Å². The summed E-state index contributed by atoms with van der Waals surface area (Å²) in [6.07, 6.45) is 13.8. The second-order valence-electron chi connectivity index (χ2n) is 7.41. The van der Waals surface area contributed by atoms with Crippen LogP contribution >= 0.6 is 11.3 Å². The van der Waals surface area contributed by atoms with E-state index in [0.29, 0.717) is 5.19 Å². The van der Waals surface area contributed by atoms with Gasteiger partial charge < -0.3 is 4.74 Å². The lowest BCUT2D eigenvalue weighted by Crippen LogP contribution is -2.16. The molecule has 0 saturated carbocycles. The Balaban J connectivity index is 1.87. The molecule has 0 aliphatic heterocycles. The number of nitrogens with zero attached hydrogens (tertiary/aromatic N) is 2. The Morgan fingerprint density at radius 1 is 0.815 bits per heavy atom. The number of rotatable bonds is 14. The summed E-state index contributed by atoms with van der Waals surface area (Å²) in [4.78, 5) is 0. The highest BCUT2D eigenvalue weighted by Crippen LogP contribution is 2.29. The Bertz CT molecular complexity index is 624. The molecule has 0 spiro atoms. The second-order valence-corrected chi connectivity index (χ2v) is 8.35. The van der Waals surface area contributed by atoms with Crippen molar-refractivity contribution in [3.05, 3.63) is 29.8 Å². The summed E-state index contributed by atoms with van der Waals surface area (Å²) in [6, 6.07) is 8.81. The number of hydrogen-bond acceptors (Lipinski definition) is 4. The van der Waals surface area contributed by atoms with Crippen LogP contribution in [0.25, 0.3) is 10.6 Å². The third kappa shape index (κ3) is 8.00. The molecule has 1 atom stereocenters. The smallest absolute Gasteiger partial charge is 0.294 e. The van der Waals surface area contributed by atoms with E-state index in [-0.39, 0.29) is 6.10 Å². The number of benzene rings is 1. The molecule has 150 valence electrons. The Morgan fingerprint density at radius 3 is 2.26 bits per heavy atom. The molecular weight excluding hydrogens is 352 g/mol. The number of unbranched alkanes of at least 4 members (excludes halogenated alkanes) is 5. The minimum atomic E-state index is 0.269. The molecule has 27 heavy (non-hydrogen) atoms. The Kier molecular flexibility index (Phi) is 10.4. The van der Waals surface area contributed by atoms with Gasteiger partial charge in [0.15, 0.2) is 5.01 Å². The molecule has 0 bridgehead atoms. The minimum Gasteiger partial charge on any atom is -0.466 e. The zero-order chi connectivity index (χ0) is 19.3. The summed E-state index contributed by atoms with van der Waals surface area (Å²) in [6.45, 7) is 6.69. The summed E-state index contributed by atoms with van der Waals surface area (Å²) >= 11 is 1.56. The van der Waals surface area contributed by atoms with Crippen LogP contribution in [0.15, 0.2) is 24.3 Å². The van der Waals surface area contributed by atoms with Gasteiger partial charge in [0.25, 0.3) is 5.19 Å². The van der Waals surface area contributed by atoms with Crippen LogP contribution in [0.5, 0.6) is 5.19 Å². The zero-order valence-electron chi connectivity index (χ0n) is 17.4. The van der Waals surface area contributed by atoms with E-state index in [4.69, 9.17) is 4.74 Å². The van der Waals surface area contributed by atoms with Crippen molar-refractivity contribution in [1.29, 1.82) is 0 Å². The summed E-state index contributed by atoms with van der Waals surface area (Å²) in [5.41, 5.74) is 2.55. The van der Waals surface area contributed by atoms with Crippen LogP contribution in [0.3, 0.4) is 0 Å². The van der Waals surface area contributed by atoms with Crippen LogP contribution in [-0.4, -0.2) is 16.3 Å². The Hall–Kier alpha value is -1.42. The van der Waals surface area contributed by atoms with Crippen LogP contribution in [0, 0.1) is 0 Å². The highest BCUT2D eigenvalue weighted by atomic mass is 32.1. The molecule has 4 heteroatoms. The van der Waals surface area contributed by atoms with Crippen LogP contribution in [0.1, 0.15) is 90.5 Å². The standard InChI is InChI=1S/C23H36N2OS/c1-4-7-9-10-11-13-19-15-17-20(18-16-19)22-24-25-23(27-22)26-21(12-6-3)14-8-5-2/h15-18,21H,4-14H2,1-3H3. The van der Waals surface area contributed by atoms with Crippen molar-refractivity contribution in [1.82, 2.24) is 10.2 Å². The molecule has 1 aromatic heterocycles. The normalized spacial score (nSPS) is 12.3. The lowest BCUT2D eigenvalue weighted by molar-refractivity contribution is 0.174. The monoisotopic (exact) mass is 388 g/mol. The first kappa shape index (κ1) is 21.9. The van der Waals surface area contributed by atoms with Crippen molar-refractivity contribution >= 4 is 11.3 Å². The van der Waals surface area contributed by atoms with Crippen molar-refractivity contribution in [2.24, 2.45) is 0 Å². The maximum atomic E-state index is 6.11. The van der Waals surface area contributed by atoms with Gasteiger partial charge in [-0.3, -0.25) is 0 Å². The molecule has 2 rings (SSSR count). The van der Waals surface area contributed by atoms with E-state index < -0.39 is 0 Å². The third-order valence-electron chi connectivity index (χ3n) is 4.93. The van der Waals surface area contributed by atoms with Gasteiger partial charge in [-0.15, -0.1) is 5.10 Å². The highest BCUT2D eigenvalue weighted by molar-refractivity contribution is 7.16. The summed E-state index contributed by atoms with van der Waals surface area (Å²) in [7, 11) is 0. The lowest BCUT2D eigenvalue weighted by Gasteiger charge is -2.15. The molecule has 0 fully saturated rings. The average molecular weight is 389 g/mol. The van der Waals surface area contributed by atoms with Crippen molar-refractivity contribution in [2.45, 2.75) is 97.5 Å². The maximum Gasteiger partial charge on any atom is 0.294 e. The first-order chi connectivity index (χ1) is 13.3. The van der Waals surface area contributed by atoms with E-state index in [2.05, 4.69) is 55.2 Å². The van der Waals surface area contributed by atoms with Crippen molar-refractivity contribution in [3.8, 4) is 15.8 Å². The Morgan fingerprint density at radius 2 is 1.56 bits per heavy atom. The van der Waals surface area contributed by atoms with E-state index in [1.54, 1.807) is 11.3 Å². The highest BCUT2D eigenvalue weighted by Gasteiger charge is 2.14. The second kappa shape index (κ2) is 12.9. The molecule has 0 amide bonds. The van der Waals surface area contributed by atoms with Gasteiger partial charge in [-0.2, -0.15) is 0 Å². The van der Waals surface area contributed by atoms with Gasteiger partial charge in [-0.05, 0) is 31.2 Å². The van der Waals surface area contributed by atoms with Crippen molar-refractivity contribution < 1.29 is 4.74 Å². The Labute approximate surface area is 169 Å². The summed E-state index contributed by atoms with van der Waals surface area (Å²) < 4.78 is 6.11. The van der Waals surface area contributed by atoms with Crippen LogP contribution in [0.2, 0.25) is 0 Å². The fraction of sp³-hybridized carbons (Fsp3) is 0.652. The topological polar surface area (TPSA) is 35.0 Å². The number of hydrogen-bond donors (Lipinski definition) is 0. The maximum absolute atomic E-state index is 6.11. The van der Waals surface area contributed by atoms with Crippen molar-refractivity contribution in [3.63, 3.8) is 0 Å². The van der Waals surface area contributed by atoms with Gasteiger partial charge in [-0.1, -0.05) is 106 Å². The molecule has 1 unspecified atom stereocenters. The first-order valence-corrected chi connectivity index (χ1v) is 11.7. The fourth-order valence-electron chi connectivity index (χ4n) is 3.28. The number of aromatic nitrogens is 2. The zero-order valence-corrected chi connectivity index (χ0v) is 18.2. The molecular formula is C23H36N2OS. The van der Waals surface area contributed by atoms with Crippen LogP contribution in [0.4, 0.5) is 0 Å². The van der Waals surface area contributed by atoms with Crippen LogP contribution in [-0.2, 0) is 6.42 Å². The van der Waals surface area contributed by atoms with Gasteiger partial charge in [0.2, 0.25) is 0 Å². The fourth-order valence-corrected chi connectivity index (χ4v) is 4.05. The molecule has 0 N–H and O–H groups in total. The number of aryl methyl sites for hydroxylation is 1. The quantitative estimate of drug-likeness (QED) is 0.315. The SMILES string of the molecule is CCCCCCCc1ccc(-c2nnc(OC(CCC)CCCC)s2)cc1. The van der Waals surface area contributed by atoms with E-state index >= 15 is 0 Å².